The molecule has 4 heteroatoms. The van der Waals surface area contributed by atoms with Crippen molar-refractivity contribution in [3.05, 3.63) is 23.9 Å². The highest BCUT2D eigenvalue weighted by Gasteiger charge is 2.18. The van der Waals surface area contributed by atoms with E-state index in [1.54, 1.807) is 7.11 Å². The van der Waals surface area contributed by atoms with Crippen molar-refractivity contribution in [2.24, 2.45) is 5.92 Å². The number of hydrogen-bond donors (Lipinski definition) is 1. The van der Waals surface area contributed by atoms with Crippen molar-refractivity contribution >= 4 is 0 Å². The maximum absolute atomic E-state index is 5.16. The maximum Gasteiger partial charge on any atom is 0.213 e. The molecule has 0 unspecified atom stereocenters. The van der Waals surface area contributed by atoms with Crippen LogP contribution in [-0.4, -0.2) is 43.7 Å². The fourth-order valence-electron chi connectivity index (χ4n) is 2.53. The summed E-state index contributed by atoms with van der Waals surface area (Å²) in [5.41, 5.74) is 1.10. The first-order chi connectivity index (χ1) is 8.81. The van der Waals surface area contributed by atoms with Gasteiger partial charge in [-0.1, -0.05) is 6.07 Å². The molecule has 1 aliphatic rings. The van der Waals surface area contributed by atoms with Gasteiger partial charge < -0.3 is 10.1 Å². The third kappa shape index (κ3) is 3.68. The molecule has 0 atom stereocenters. The zero-order chi connectivity index (χ0) is 12.8. The van der Waals surface area contributed by atoms with Gasteiger partial charge in [-0.25, -0.2) is 4.98 Å². The standard InChI is InChI=1S/C14H23N3O/c1-15-10-12-6-8-17(9-7-12)11-13-4-3-5-14(16-13)18-2/h3-5,12,15H,6-11H2,1-2H3. The second kappa shape index (κ2) is 6.71. The number of ether oxygens (including phenoxy) is 1. The SMILES string of the molecule is CNCC1CCN(Cc2cccc(OC)n2)CC1. The normalized spacial score (nSPS) is 17.9. The van der Waals surface area contributed by atoms with Crippen LogP contribution < -0.4 is 10.1 Å². The van der Waals surface area contributed by atoms with Gasteiger partial charge in [0.2, 0.25) is 5.88 Å². The van der Waals surface area contributed by atoms with Crippen LogP contribution in [-0.2, 0) is 6.54 Å². The second-order valence-electron chi connectivity index (χ2n) is 4.95. The molecule has 1 aliphatic heterocycles. The zero-order valence-electron chi connectivity index (χ0n) is 11.4. The molecule has 100 valence electrons. The van der Waals surface area contributed by atoms with Crippen molar-refractivity contribution in [2.45, 2.75) is 19.4 Å². The lowest BCUT2D eigenvalue weighted by atomic mass is 9.97. The Morgan fingerprint density at radius 1 is 1.39 bits per heavy atom. The molecule has 4 nitrogen and oxygen atoms in total. The van der Waals surface area contributed by atoms with Gasteiger partial charge in [-0.05, 0) is 51.5 Å². The van der Waals surface area contributed by atoms with Gasteiger partial charge in [-0.2, -0.15) is 0 Å². The lowest BCUT2D eigenvalue weighted by Gasteiger charge is -2.31. The molecule has 0 bridgehead atoms. The lowest BCUT2D eigenvalue weighted by Crippen LogP contribution is -2.36. The molecule has 1 aromatic heterocycles. The third-order valence-electron chi connectivity index (χ3n) is 3.58. The van der Waals surface area contributed by atoms with Crippen LogP contribution in [0.25, 0.3) is 0 Å². The van der Waals surface area contributed by atoms with E-state index in [2.05, 4.69) is 21.3 Å². The Hall–Kier alpha value is -1.13. The molecular weight excluding hydrogens is 226 g/mol. The Morgan fingerprint density at radius 2 is 2.17 bits per heavy atom. The number of nitrogens with zero attached hydrogens (tertiary/aromatic N) is 2. The van der Waals surface area contributed by atoms with Crippen molar-refractivity contribution in [1.29, 1.82) is 0 Å². The molecule has 2 rings (SSSR count). The quantitative estimate of drug-likeness (QED) is 0.858. The average Bonchev–Trinajstić information content (AvgIpc) is 2.42. The minimum atomic E-state index is 0.706. The highest BCUT2D eigenvalue weighted by atomic mass is 16.5. The van der Waals surface area contributed by atoms with Crippen LogP contribution >= 0.6 is 0 Å². The van der Waals surface area contributed by atoms with E-state index in [-0.39, 0.29) is 0 Å². The largest absolute Gasteiger partial charge is 0.481 e. The molecule has 0 spiro atoms. The monoisotopic (exact) mass is 249 g/mol. The van der Waals surface area contributed by atoms with Gasteiger partial charge in [0.15, 0.2) is 0 Å². The van der Waals surface area contributed by atoms with Gasteiger partial charge in [0.1, 0.15) is 0 Å². The molecule has 1 aromatic rings. The Balaban J connectivity index is 1.83. The summed E-state index contributed by atoms with van der Waals surface area (Å²) in [5.74, 6) is 1.54. The van der Waals surface area contributed by atoms with E-state index >= 15 is 0 Å². The lowest BCUT2D eigenvalue weighted by molar-refractivity contribution is 0.174. The van der Waals surface area contributed by atoms with Gasteiger partial charge >= 0.3 is 0 Å². The Labute approximate surface area is 109 Å². The van der Waals surface area contributed by atoms with Crippen LogP contribution in [0.15, 0.2) is 18.2 Å². The summed E-state index contributed by atoms with van der Waals surface area (Å²) in [5, 5.41) is 3.27. The van der Waals surface area contributed by atoms with Crippen LogP contribution in [0.3, 0.4) is 0 Å². The van der Waals surface area contributed by atoms with Gasteiger partial charge in [0, 0.05) is 12.6 Å². The van der Waals surface area contributed by atoms with Crippen LogP contribution in [0.5, 0.6) is 5.88 Å². The first-order valence-electron chi connectivity index (χ1n) is 6.68. The molecule has 18 heavy (non-hydrogen) atoms. The number of aromatic nitrogens is 1. The fraction of sp³-hybridized carbons (Fsp3) is 0.643. The predicted molar refractivity (Wildman–Crippen MR) is 72.7 cm³/mol. The van der Waals surface area contributed by atoms with Crippen LogP contribution in [0.4, 0.5) is 0 Å². The predicted octanol–water partition coefficient (Wildman–Crippen LogP) is 1.52. The van der Waals surface area contributed by atoms with E-state index in [9.17, 15) is 0 Å². The van der Waals surface area contributed by atoms with Gasteiger partial charge in [0.25, 0.3) is 0 Å². The first-order valence-corrected chi connectivity index (χ1v) is 6.68. The molecule has 0 aliphatic carbocycles. The third-order valence-corrected chi connectivity index (χ3v) is 3.58. The average molecular weight is 249 g/mol. The van der Waals surface area contributed by atoms with Crippen molar-refractivity contribution in [1.82, 2.24) is 15.2 Å². The van der Waals surface area contributed by atoms with E-state index in [0.717, 1.165) is 24.7 Å². The number of likely N-dealkylation sites (tertiary alicyclic amines) is 1. The number of hydrogen-bond acceptors (Lipinski definition) is 4. The Bertz CT molecular complexity index is 362. The summed E-state index contributed by atoms with van der Waals surface area (Å²) in [7, 11) is 3.70. The van der Waals surface area contributed by atoms with E-state index in [1.165, 1.54) is 25.9 Å². The number of pyridine rings is 1. The van der Waals surface area contributed by atoms with Crippen LogP contribution in [0.2, 0.25) is 0 Å². The number of nitrogens with one attached hydrogen (secondary N) is 1. The van der Waals surface area contributed by atoms with Gasteiger partial charge in [0.05, 0.1) is 12.8 Å². The zero-order valence-corrected chi connectivity index (χ0v) is 11.4. The van der Waals surface area contributed by atoms with Crippen molar-refractivity contribution in [2.75, 3.05) is 33.8 Å². The minimum Gasteiger partial charge on any atom is -0.481 e. The van der Waals surface area contributed by atoms with E-state index < -0.39 is 0 Å². The molecule has 0 amide bonds. The summed E-state index contributed by atoms with van der Waals surface area (Å²) in [6.07, 6.45) is 2.57. The van der Waals surface area contributed by atoms with Gasteiger partial charge in [-0.3, -0.25) is 4.90 Å². The van der Waals surface area contributed by atoms with E-state index in [4.69, 9.17) is 4.74 Å². The molecular formula is C14H23N3O. The number of methoxy groups -OCH3 is 1. The van der Waals surface area contributed by atoms with Crippen molar-refractivity contribution in [3.63, 3.8) is 0 Å². The molecule has 0 radical (unpaired) electrons. The summed E-state index contributed by atoms with van der Waals surface area (Å²) in [4.78, 5) is 6.94. The van der Waals surface area contributed by atoms with Gasteiger partial charge in [-0.15, -0.1) is 0 Å². The molecule has 1 N–H and O–H groups in total. The topological polar surface area (TPSA) is 37.4 Å². The summed E-state index contributed by atoms with van der Waals surface area (Å²) < 4.78 is 5.16. The highest BCUT2D eigenvalue weighted by Crippen LogP contribution is 2.18. The molecule has 2 heterocycles. The summed E-state index contributed by atoms with van der Waals surface area (Å²) >= 11 is 0. The highest BCUT2D eigenvalue weighted by molar-refractivity contribution is 5.15. The Morgan fingerprint density at radius 3 is 2.83 bits per heavy atom. The van der Waals surface area contributed by atoms with Crippen molar-refractivity contribution < 1.29 is 4.74 Å². The van der Waals surface area contributed by atoms with Crippen molar-refractivity contribution in [3.8, 4) is 5.88 Å². The Kier molecular flexibility index (Phi) is 4.96. The first kappa shape index (κ1) is 13.3. The molecule has 0 saturated carbocycles. The van der Waals surface area contributed by atoms with Crippen LogP contribution in [0.1, 0.15) is 18.5 Å². The molecule has 1 fully saturated rings. The number of rotatable bonds is 5. The summed E-state index contributed by atoms with van der Waals surface area (Å²) in [6.45, 7) is 4.42. The number of piperidine rings is 1. The molecule has 1 saturated heterocycles. The molecule has 0 aromatic carbocycles. The maximum atomic E-state index is 5.16. The minimum absolute atomic E-state index is 0.706. The smallest absolute Gasteiger partial charge is 0.213 e. The van der Waals surface area contributed by atoms with Crippen LogP contribution in [0, 0.1) is 5.92 Å². The van der Waals surface area contributed by atoms with E-state index in [1.807, 2.05) is 19.2 Å². The second-order valence-corrected chi connectivity index (χ2v) is 4.95. The van der Waals surface area contributed by atoms with E-state index in [0.29, 0.717) is 5.88 Å². The summed E-state index contributed by atoms with van der Waals surface area (Å²) in [6, 6.07) is 5.97. The fourth-order valence-corrected chi connectivity index (χ4v) is 2.53.